The fourth-order valence-electron chi connectivity index (χ4n) is 1.87. The first-order chi connectivity index (χ1) is 10.2. The number of halogens is 2. The van der Waals surface area contributed by atoms with E-state index in [-0.39, 0.29) is 5.82 Å². The second-order valence-corrected chi connectivity index (χ2v) is 5.68. The van der Waals surface area contributed by atoms with Crippen LogP contribution in [-0.4, -0.2) is 6.61 Å². The Morgan fingerprint density at radius 3 is 2.57 bits per heavy atom. The summed E-state index contributed by atoms with van der Waals surface area (Å²) in [5, 5.41) is 3.27. The van der Waals surface area contributed by atoms with Gasteiger partial charge in [-0.15, -0.1) is 0 Å². The first-order valence-corrected chi connectivity index (χ1v) is 7.89. The number of anilines is 1. The van der Waals surface area contributed by atoms with E-state index >= 15 is 0 Å². The van der Waals surface area contributed by atoms with Crippen molar-refractivity contribution in [2.75, 3.05) is 11.9 Å². The zero-order valence-electron chi connectivity index (χ0n) is 12.0. The molecular weight excluding hydrogens is 333 g/mol. The molecule has 0 radical (unpaired) electrons. The van der Waals surface area contributed by atoms with E-state index in [0.717, 1.165) is 40.9 Å². The van der Waals surface area contributed by atoms with Crippen LogP contribution < -0.4 is 10.1 Å². The van der Waals surface area contributed by atoms with Crippen molar-refractivity contribution < 1.29 is 9.13 Å². The minimum absolute atomic E-state index is 0.249. The summed E-state index contributed by atoms with van der Waals surface area (Å²) in [5.74, 6) is 0.649. The Kier molecular flexibility index (Phi) is 6.05. The molecule has 0 atom stereocenters. The fraction of sp³-hybridized carbons (Fsp3) is 0.294. The van der Waals surface area contributed by atoms with Gasteiger partial charge in [0.25, 0.3) is 0 Å². The Morgan fingerprint density at radius 2 is 1.90 bits per heavy atom. The first-order valence-electron chi connectivity index (χ1n) is 7.09. The Balaban J connectivity index is 1.88. The lowest BCUT2D eigenvalue weighted by Crippen LogP contribution is -2.01. The van der Waals surface area contributed by atoms with E-state index in [1.165, 1.54) is 12.1 Å². The van der Waals surface area contributed by atoms with Crippen LogP contribution in [0.15, 0.2) is 46.9 Å². The van der Waals surface area contributed by atoms with E-state index < -0.39 is 0 Å². The molecule has 1 N–H and O–H groups in total. The molecule has 0 aliphatic rings. The SMILES string of the molecule is CCCCOc1ccc(CNc2ccc(F)cc2Br)cc1. The van der Waals surface area contributed by atoms with E-state index in [2.05, 4.69) is 28.2 Å². The summed E-state index contributed by atoms with van der Waals surface area (Å²) in [7, 11) is 0. The topological polar surface area (TPSA) is 21.3 Å². The molecule has 0 amide bonds. The minimum Gasteiger partial charge on any atom is -0.494 e. The molecule has 21 heavy (non-hydrogen) atoms. The Hall–Kier alpha value is -1.55. The second kappa shape index (κ2) is 8.03. The molecule has 0 unspecified atom stereocenters. The van der Waals surface area contributed by atoms with Crippen molar-refractivity contribution in [3.8, 4) is 5.75 Å². The van der Waals surface area contributed by atoms with E-state index in [1.54, 1.807) is 6.07 Å². The monoisotopic (exact) mass is 351 g/mol. The normalized spacial score (nSPS) is 10.4. The largest absolute Gasteiger partial charge is 0.494 e. The van der Waals surface area contributed by atoms with Gasteiger partial charge in [0.15, 0.2) is 0 Å². The van der Waals surface area contributed by atoms with Crippen molar-refractivity contribution in [1.29, 1.82) is 0 Å². The van der Waals surface area contributed by atoms with Gasteiger partial charge in [-0.3, -0.25) is 0 Å². The summed E-state index contributed by atoms with van der Waals surface area (Å²) in [6.07, 6.45) is 2.20. The van der Waals surface area contributed by atoms with E-state index in [0.29, 0.717) is 6.54 Å². The Morgan fingerprint density at radius 1 is 1.14 bits per heavy atom. The summed E-state index contributed by atoms with van der Waals surface area (Å²) in [6.45, 7) is 3.59. The van der Waals surface area contributed by atoms with Crippen LogP contribution in [0.5, 0.6) is 5.75 Å². The summed E-state index contributed by atoms with van der Waals surface area (Å²) in [5.41, 5.74) is 2.02. The van der Waals surface area contributed by atoms with Gasteiger partial charge in [0.1, 0.15) is 11.6 Å². The minimum atomic E-state index is -0.249. The molecule has 0 fully saturated rings. The third kappa shape index (κ3) is 5.05. The van der Waals surface area contributed by atoms with Gasteiger partial charge in [-0.2, -0.15) is 0 Å². The molecule has 2 nitrogen and oxygen atoms in total. The molecule has 112 valence electrons. The zero-order chi connectivity index (χ0) is 15.1. The van der Waals surface area contributed by atoms with Crippen molar-refractivity contribution in [2.45, 2.75) is 26.3 Å². The van der Waals surface area contributed by atoms with Crippen molar-refractivity contribution in [3.05, 3.63) is 58.3 Å². The molecule has 0 aliphatic carbocycles. The van der Waals surface area contributed by atoms with Crippen molar-refractivity contribution in [1.82, 2.24) is 0 Å². The lowest BCUT2D eigenvalue weighted by atomic mass is 10.2. The zero-order valence-corrected chi connectivity index (χ0v) is 13.6. The molecule has 2 rings (SSSR count). The van der Waals surface area contributed by atoms with Gasteiger partial charge in [-0.05, 0) is 58.2 Å². The maximum absolute atomic E-state index is 13.0. The van der Waals surface area contributed by atoms with Crippen LogP contribution in [0.4, 0.5) is 10.1 Å². The maximum Gasteiger partial charge on any atom is 0.124 e. The predicted octanol–water partition coefficient (Wildman–Crippen LogP) is 5.38. The average Bonchev–Trinajstić information content (AvgIpc) is 2.48. The molecule has 0 bridgehead atoms. The predicted molar refractivity (Wildman–Crippen MR) is 88.3 cm³/mol. The van der Waals surface area contributed by atoms with Gasteiger partial charge in [-0.1, -0.05) is 25.5 Å². The van der Waals surface area contributed by atoms with Crippen LogP contribution in [0.25, 0.3) is 0 Å². The van der Waals surface area contributed by atoms with Gasteiger partial charge in [-0.25, -0.2) is 4.39 Å². The quantitative estimate of drug-likeness (QED) is 0.676. The van der Waals surface area contributed by atoms with E-state index in [1.807, 2.05) is 24.3 Å². The van der Waals surface area contributed by atoms with Gasteiger partial charge >= 0.3 is 0 Å². The first kappa shape index (κ1) is 15.8. The highest BCUT2D eigenvalue weighted by Gasteiger charge is 2.01. The summed E-state index contributed by atoms with van der Waals surface area (Å²) in [6, 6.07) is 12.6. The molecule has 0 aliphatic heterocycles. The highest BCUT2D eigenvalue weighted by Crippen LogP contribution is 2.23. The lowest BCUT2D eigenvalue weighted by Gasteiger charge is -2.10. The van der Waals surface area contributed by atoms with Crippen molar-refractivity contribution in [3.63, 3.8) is 0 Å². The van der Waals surface area contributed by atoms with E-state index in [4.69, 9.17) is 4.74 Å². The highest BCUT2D eigenvalue weighted by molar-refractivity contribution is 9.10. The van der Waals surface area contributed by atoms with Gasteiger partial charge in [0, 0.05) is 16.7 Å². The smallest absolute Gasteiger partial charge is 0.124 e. The Labute approximate surface area is 133 Å². The highest BCUT2D eigenvalue weighted by atomic mass is 79.9. The fourth-order valence-corrected chi connectivity index (χ4v) is 2.36. The van der Waals surface area contributed by atoms with Crippen LogP contribution >= 0.6 is 15.9 Å². The molecule has 0 aromatic heterocycles. The van der Waals surface area contributed by atoms with E-state index in [9.17, 15) is 4.39 Å². The van der Waals surface area contributed by atoms with Crippen LogP contribution in [0.3, 0.4) is 0 Å². The molecule has 0 spiro atoms. The number of ether oxygens (including phenoxy) is 1. The molecule has 4 heteroatoms. The number of rotatable bonds is 7. The van der Waals surface area contributed by atoms with Crippen molar-refractivity contribution in [2.24, 2.45) is 0 Å². The molecular formula is C17H19BrFNO. The maximum atomic E-state index is 13.0. The lowest BCUT2D eigenvalue weighted by molar-refractivity contribution is 0.309. The third-order valence-electron chi connectivity index (χ3n) is 3.10. The van der Waals surface area contributed by atoms with Crippen LogP contribution in [0.1, 0.15) is 25.3 Å². The molecule has 2 aromatic rings. The summed E-state index contributed by atoms with van der Waals surface area (Å²) in [4.78, 5) is 0. The van der Waals surface area contributed by atoms with Crippen LogP contribution in [0.2, 0.25) is 0 Å². The number of hydrogen-bond donors (Lipinski definition) is 1. The number of hydrogen-bond acceptors (Lipinski definition) is 2. The standard InChI is InChI=1S/C17H19BrFNO/c1-2-3-10-21-15-7-4-13(5-8-15)12-20-17-9-6-14(19)11-16(17)18/h4-9,11,20H,2-3,10,12H2,1H3. The van der Waals surface area contributed by atoms with Gasteiger partial charge in [0.2, 0.25) is 0 Å². The molecule has 0 heterocycles. The summed E-state index contributed by atoms with van der Waals surface area (Å²) >= 11 is 3.34. The van der Waals surface area contributed by atoms with Gasteiger partial charge in [0.05, 0.1) is 6.61 Å². The van der Waals surface area contributed by atoms with Gasteiger partial charge < -0.3 is 10.1 Å². The summed E-state index contributed by atoms with van der Waals surface area (Å²) < 4.78 is 19.4. The third-order valence-corrected chi connectivity index (χ3v) is 3.76. The van der Waals surface area contributed by atoms with Crippen LogP contribution in [-0.2, 0) is 6.54 Å². The number of benzene rings is 2. The number of nitrogens with one attached hydrogen (secondary N) is 1. The Bertz CT molecular complexity index is 572. The number of unbranched alkanes of at least 4 members (excludes halogenated alkanes) is 1. The van der Waals surface area contributed by atoms with Crippen LogP contribution in [0, 0.1) is 5.82 Å². The molecule has 0 saturated carbocycles. The second-order valence-electron chi connectivity index (χ2n) is 4.82. The molecule has 0 saturated heterocycles. The average molecular weight is 352 g/mol. The molecule has 2 aromatic carbocycles. The van der Waals surface area contributed by atoms with Crippen molar-refractivity contribution >= 4 is 21.6 Å².